The van der Waals surface area contributed by atoms with Crippen molar-refractivity contribution in [3.63, 3.8) is 0 Å². The number of aromatic nitrogens is 3. The maximum atomic E-state index is 13.2. The van der Waals surface area contributed by atoms with Crippen molar-refractivity contribution in [2.75, 3.05) is 6.54 Å². The Morgan fingerprint density at radius 2 is 2.25 bits per heavy atom. The van der Waals surface area contributed by atoms with Gasteiger partial charge in [-0.2, -0.15) is 0 Å². The highest BCUT2D eigenvalue weighted by molar-refractivity contribution is 6.13. The highest BCUT2D eigenvalue weighted by Crippen LogP contribution is 2.26. The number of carbonyl (C=O) groups excluding carboxylic acids is 1. The summed E-state index contributed by atoms with van der Waals surface area (Å²) in [5.41, 5.74) is 6.91. The van der Waals surface area contributed by atoms with E-state index < -0.39 is 0 Å². The molecule has 7 heteroatoms. The fourth-order valence-electron chi connectivity index (χ4n) is 2.28. The quantitative estimate of drug-likeness (QED) is 0.536. The van der Waals surface area contributed by atoms with Gasteiger partial charge in [-0.05, 0) is 23.8 Å². The summed E-state index contributed by atoms with van der Waals surface area (Å²) >= 11 is 0. The lowest BCUT2D eigenvalue weighted by atomic mass is 10.1. The van der Waals surface area contributed by atoms with Crippen LogP contribution in [0.2, 0.25) is 0 Å². The average molecular weight is 326 g/mol. The van der Waals surface area contributed by atoms with Crippen LogP contribution in [0.4, 0.5) is 4.39 Å². The number of rotatable bonds is 6. The van der Waals surface area contributed by atoms with Gasteiger partial charge >= 0.3 is 0 Å². The largest absolute Gasteiger partial charge is 0.472 e. The summed E-state index contributed by atoms with van der Waals surface area (Å²) in [5, 5.41) is 0.487. The van der Waals surface area contributed by atoms with E-state index >= 15 is 0 Å². The zero-order valence-electron chi connectivity index (χ0n) is 12.7. The molecule has 0 aliphatic heterocycles. The molecule has 0 saturated carbocycles. The second-order valence-corrected chi connectivity index (χ2v) is 5.03. The van der Waals surface area contributed by atoms with Gasteiger partial charge in [-0.25, -0.2) is 14.4 Å². The third-order valence-electron chi connectivity index (χ3n) is 3.37. The lowest BCUT2D eigenvalue weighted by molar-refractivity contribution is 0.104. The van der Waals surface area contributed by atoms with Gasteiger partial charge in [-0.1, -0.05) is 18.2 Å². The maximum Gasteiger partial charge on any atom is 0.227 e. The maximum absolute atomic E-state index is 13.2. The molecule has 1 aromatic carbocycles. The van der Waals surface area contributed by atoms with Gasteiger partial charge in [-0.3, -0.25) is 4.79 Å². The van der Waals surface area contributed by atoms with Gasteiger partial charge in [0.1, 0.15) is 24.4 Å². The van der Waals surface area contributed by atoms with E-state index in [4.69, 9.17) is 10.5 Å². The van der Waals surface area contributed by atoms with E-state index in [1.807, 2.05) is 0 Å². The molecular weight excluding hydrogens is 311 g/mol. The van der Waals surface area contributed by atoms with E-state index in [9.17, 15) is 9.18 Å². The smallest absolute Gasteiger partial charge is 0.227 e. The number of ether oxygens (including phenoxy) is 1. The first-order valence-electron chi connectivity index (χ1n) is 7.29. The van der Waals surface area contributed by atoms with Crippen LogP contribution >= 0.6 is 0 Å². The fraction of sp³-hybridized carbons (Fsp3) is 0.118. The molecule has 122 valence electrons. The number of hydrogen-bond acceptors (Lipinski definition) is 5. The van der Waals surface area contributed by atoms with Crippen LogP contribution in [0.1, 0.15) is 15.9 Å². The molecule has 0 saturated heterocycles. The number of carbonyl (C=O) groups is 1. The number of ketones is 1. The van der Waals surface area contributed by atoms with Crippen molar-refractivity contribution < 1.29 is 13.9 Å². The van der Waals surface area contributed by atoms with E-state index in [-0.39, 0.29) is 30.6 Å². The van der Waals surface area contributed by atoms with Crippen molar-refractivity contribution in [2.45, 2.75) is 6.61 Å². The number of allylic oxidation sites excluding steroid dienone is 1. The molecule has 0 radical (unpaired) electrons. The van der Waals surface area contributed by atoms with E-state index in [0.717, 1.165) is 0 Å². The van der Waals surface area contributed by atoms with Crippen molar-refractivity contribution in [1.29, 1.82) is 0 Å². The molecule has 3 aromatic rings. The number of aromatic amines is 1. The number of halogens is 1. The Bertz CT molecular complexity index is 904. The molecule has 0 amide bonds. The van der Waals surface area contributed by atoms with Crippen molar-refractivity contribution in [2.24, 2.45) is 5.73 Å². The first-order valence-corrected chi connectivity index (χ1v) is 7.29. The van der Waals surface area contributed by atoms with Crippen LogP contribution in [0.5, 0.6) is 5.88 Å². The first kappa shape index (κ1) is 15.8. The van der Waals surface area contributed by atoms with Gasteiger partial charge in [0.2, 0.25) is 5.88 Å². The molecule has 2 heterocycles. The number of nitrogens with two attached hydrogens (primary N) is 1. The minimum absolute atomic E-state index is 0.126. The van der Waals surface area contributed by atoms with Gasteiger partial charge in [-0.15, -0.1) is 0 Å². The molecule has 0 fully saturated rings. The highest BCUT2D eigenvalue weighted by Gasteiger charge is 2.16. The van der Waals surface area contributed by atoms with E-state index in [2.05, 4.69) is 15.0 Å². The summed E-state index contributed by atoms with van der Waals surface area (Å²) in [6, 6.07) is 6.09. The molecule has 0 aliphatic carbocycles. The van der Waals surface area contributed by atoms with Gasteiger partial charge in [0.25, 0.3) is 0 Å². The molecule has 3 N–H and O–H groups in total. The minimum atomic E-state index is -0.339. The summed E-state index contributed by atoms with van der Waals surface area (Å²) in [4.78, 5) is 23.3. The Morgan fingerprint density at radius 1 is 1.38 bits per heavy atom. The van der Waals surface area contributed by atoms with Crippen molar-refractivity contribution in [1.82, 2.24) is 15.0 Å². The summed E-state index contributed by atoms with van der Waals surface area (Å²) in [7, 11) is 0. The minimum Gasteiger partial charge on any atom is -0.472 e. The molecule has 0 bridgehead atoms. The number of nitrogens with zero attached hydrogens (tertiary/aromatic N) is 2. The average Bonchev–Trinajstić information content (AvgIpc) is 3.02. The first-order chi connectivity index (χ1) is 11.7. The standard InChI is InChI=1S/C17H15FN4O2/c18-12-4-1-3-11(7-12)9-24-17-15-13(14(23)5-2-6-19)8-20-16(15)21-10-22-17/h1-5,7-8,10H,6,9,19H2,(H,20,21,22)/b5-2+. The van der Waals surface area contributed by atoms with Crippen LogP contribution in [-0.2, 0) is 6.61 Å². The fourth-order valence-corrected chi connectivity index (χ4v) is 2.28. The lowest BCUT2D eigenvalue weighted by Crippen LogP contribution is -2.01. The van der Waals surface area contributed by atoms with Crippen LogP contribution in [-0.4, -0.2) is 27.3 Å². The molecule has 0 unspecified atom stereocenters. The van der Waals surface area contributed by atoms with E-state index in [1.165, 1.54) is 24.5 Å². The van der Waals surface area contributed by atoms with Crippen molar-refractivity contribution in [3.05, 3.63) is 65.9 Å². The van der Waals surface area contributed by atoms with E-state index in [0.29, 0.717) is 22.2 Å². The third kappa shape index (κ3) is 3.31. The second kappa shape index (κ2) is 7.01. The Labute approximate surface area is 137 Å². The third-order valence-corrected chi connectivity index (χ3v) is 3.37. The Morgan fingerprint density at radius 3 is 3.04 bits per heavy atom. The molecule has 0 spiro atoms. The van der Waals surface area contributed by atoms with Gasteiger partial charge < -0.3 is 15.5 Å². The molecule has 24 heavy (non-hydrogen) atoms. The van der Waals surface area contributed by atoms with Crippen LogP contribution in [0.15, 0.2) is 48.9 Å². The Balaban J connectivity index is 1.91. The predicted molar refractivity (Wildman–Crippen MR) is 87.1 cm³/mol. The Kier molecular flexibility index (Phi) is 4.62. The number of H-pyrrole nitrogens is 1. The van der Waals surface area contributed by atoms with Gasteiger partial charge in [0, 0.05) is 12.7 Å². The van der Waals surface area contributed by atoms with Crippen molar-refractivity contribution >= 4 is 16.8 Å². The Hall–Kier alpha value is -3.06. The summed E-state index contributed by atoms with van der Waals surface area (Å²) in [6.07, 6.45) is 5.85. The SMILES string of the molecule is NC/C=C/C(=O)c1c[nH]c2ncnc(OCc3cccc(F)c3)c12. The number of fused-ring (bicyclic) bond motifs is 1. The van der Waals surface area contributed by atoms with Gasteiger partial charge in [0.05, 0.1) is 10.9 Å². The number of nitrogens with one attached hydrogen (secondary N) is 1. The molecule has 2 aromatic heterocycles. The highest BCUT2D eigenvalue weighted by atomic mass is 19.1. The van der Waals surface area contributed by atoms with Crippen LogP contribution in [0.25, 0.3) is 11.0 Å². The second-order valence-electron chi connectivity index (χ2n) is 5.03. The van der Waals surface area contributed by atoms with Crippen LogP contribution in [0.3, 0.4) is 0 Å². The predicted octanol–water partition coefficient (Wildman–Crippen LogP) is 2.37. The molecular formula is C17H15FN4O2. The van der Waals surface area contributed by atoms with Crippen LogP contribution < -0.4 is 10.5 Å². The summed E-state index contributed by atoms with van der Waals surface area (Å²) in [5.74, 6) is -0.305. The molecule has 0 aliphatic rings. The zero-order valence-corrected chi connectivity index (χ0v) is 12.7. The summed E-state index contributed by atoms with van der Waals surface area (Å²) in [6.45, 7) is 0.398. The topological polar surface area (TPSA) is 93.9 Å². The lowest BCUT2D eigenvalue weighted by Gasteiger charge is -2.07. The number of benzene rings is 1. The number of hydrogen-bond donors (Lipinski definition) is 2. The van der Waals surface area contributed by atoms with Crippen molar-refractivity contribution in [3.8, 4) is 5.88 Å². The zero-order chi connectivity index (χ0) is 16.9. The molecule has 0 atom stereocenters. The van der Waals surface area contributed by atoms with E-state index in [1.54, 1.807) is 24.4 Å². The van der Waals surface area contributed by atoms with Gasteiger partial charge in [0.15, 0.2) is 5.78 Å². The molecule has 3 rings (SSSR count). The monoisotopic (exact) mass is 326 g/mol. The van der Waals surface area contributed by atoms with Crippen LogP contribution in [0, 0.1) is 5.82 Å². The normalized spacial score (nSPS) is 11.2. The summed E-state index contributed by atoms with van der Waals surface area (Å²) < 4.78 is 18.9. The molecule has 6 nitrogen and oxygen atoms in total.